The van der Waals surface area contributed by atoms with E-state index in [1.807, 2.05) is 215 Å². The number of carboxylic acid groups (broad SMARTS) is 4. The van der Waals surface area contributed by atoms with E-state index < -0.39 is 23.9 Å². The Morgan fingerprint density at radius 2 is 0.375 bits per heavy atom. The van der Waals surface area contributed by atoms with Crippen LogP contribution in [0.5, 0.6) is 23.0 Å². The highest BCUT2D eigenvalue weighted by molar-refractivity contribution is 5.88. The highest BCUT2D eigenvalue weighted by Crippen LogP contribution is 2.44. The number of carboxylic acids is 4. The first-order valence-corrected chi connectivity index (χ1v) is 30.4. The number of hydrogen-bond donors (Lipinski definition) is 8. The number of hydrogen-bond acceptors (Lipinski definition) is 8. The fourth-order valence-electron chi connectivity index (χ4n) is 9.05. The van der Waals surface area contributed by atoms with Crippen molar-refractivity contribution in [3.05, 3.63) is 164 Å². The summed E-state index contributed by atoms with van der Waals surface area (Å²) < 4.78 is 0. The number of carbonyl (C=O) groups is 4. The van der Waals surface area contributed by atoms with Gasteiger partial charge in [-0.05, 0) is 110 Å². The first-order valence-electron chi connectivity index (χ1n) is 30.4. The lowest BCUT2D eigenvalue weighted by Gasteiger charge is -2.28. The second-order valence-electron chi connectivity index (χ2n) is 31.5. The van der Waals surface area contributed by atoms with E-state index in [0.717, 1.165) is 66.8 Å². The second kappa shape index (κ2) is 30.9. The van der Waals surface area contributed by atoms with Gasteiger partial charge in [-0.1, -0.05) is 268 Å². The molecule has 0 aliphatic carbocycles. The van der Waals surface area contributed by atoms with Gasteiger partial charge >= 0.3 is 23.9 Å². The van der Waals surface area contributed by atoms with Crippen molar-refractivity contribution in [2.75, 3.05) is 0 Å². The third-order valence-electron chi connectivity index (χ3n) is 14.5. The molecule has 12 heteroatoms. The summed E-state index contributed by atoms with van der Waals surface area (Å²) in [4.78, 5) is 43.9. The Kier molecular flexibility index (Phi) is 28.4. The maximum atomic E-state index is 11.0. The van der Waals surface area contributed by atoms with Gasteiger partial charge in [-0.25, -0.2) is 19.2 Å². The van der Waals surface area contributed by atoms with E-state index in [9.17, 15) is 39.6 Å². The fourth-order valence-corrected chi connectivity index (χ4v) is 9.05. The Morgan fingerprint density at radius 3 is 0.443 bits per heavy atom. The van der Waals surface area contributed by atoms with Gasteiger partial charge in [-0.3, -0.25) is 0 Å². The van der Waals surface area contributed by atoms with Crippen molar-refractivity contribution in [1.82, 2.24) is 0 Å². The Balaban J connectivity index is 0.00000112. The molecular formula is C76H114O12. The van der Waals surface area contributed by atoms with Crippen LogP contribution in [-0.2, 0) is 88.2 Å². The fraction of sp³-hybridized carbons (Fsp3) is 0.526. The van der Waals surface area contributed by atoms with Crippen molar-refractivity contribution in [3.63, 3.8) is 0 Å². The number of aliphatic carboxylic acids is 4. The SMILES string of the molecule is C=C(Cc1cc(C(C)(C)C)c(O)c(C(C)(C)C)c1)C(=O)O.C=C(Cc1cc(C(C)(C)C)c(O)c(C(C)(C)C)c1)C(=O)O.C=C(Cc1cc(C(C)(C)C)c(O)c(C(C)(C)C)c1)C(=O)O.C=C(Cc1cc(C(C)(C)C)c(O)c(C(C)(C)C)c1)C(=O)O.CCCC. The van der Waals surface area contributed by atoms with Gasteiger partial charge in [0, 0.05) is 48.0 Å². The van der Waals surface area contributed by atoms with E-state index in [2.05, 4.69) is 40.2 Å². The lowest BCUT2D eigenvalue weighted by molar-refractivity contribution is -0.133. The molecule has 0 bridgehead atoms. The molecule has 0 aromatic heterocycles. The van der Waals surface area contributed by atoms with Crippen LogP contribution in [-0.4, -0.2) is 64.7 Å². The third-order valence-corrected chi connectivity index (χ3v) is 14.5. The lowest BCUT2D eigenvalue weighted by Crippen LogP contribution is -2.18. The minimum absolute atomic E-state index is 0.153. The summed E-state index contributed by atoms with van der Waals surface area (Å²) in [6.07, 6.45) is 3.76. The van der Waals surface area contributed by atoms with Gasteiger partial charge in [0.1, 0.15) is 23.0 Å². The van der Waals surface area contributed by atoms with Crippen molar-refractivity contribution >= 4 is 23.9 Å². The van der Waals surface area contributed by atoms with Crippen molar-refractivity contribution in [2.45, 2.75) is 262 Å². The first kappa shape index (κ1) is 80.9. The molecule has 0 saturated heterocycles. The van der Waals surface area contributed by atoms with Crippen molar-refractivity contribution in [3.8, 4) is 23.0 Å². The molecule has 0 aliphatic rings. The van der Waals surface area contributed by atoms with Gasteiger partial charge in [0.15, 0.2) is 0 Å². The molecule has 0 radical (unpaired) electrons. The average molecular weight is 1220 g/mol. The summed E-state index contributed by atoms with van der Waals surface area (Å²) in [5, 5.41) is 78.4. The number of phenolic OH excluding ortho intramolecular Hbond substituents is 4. The van der Waals surface area contributed by atoms with E-state index >= 15 is 0 Å². The zero-order valence-corrected chi connectivity index (χ0v) is 58.9. The van der Waals surface area contributed by atoms with Crippen LogP contribution in [0.4, 0.5) is 0 Å². The molecule has 0 amide bonds. The Bertz CT molecular complexity index is 2590. The topological polar surface area (TPSA) is 230 Å². The van der Waals surface area contributed by atoms with Gasteiger partial charge in [0.2, 0.25) is 0 Å². The van der Waals surface area contributed by atoms with Gasteiger partial charge in [-0.2, -0.15) is 0 Å². The molecule has 0 saturated carbocycles. The average Bonchev–Trinajstić information content (AvgIpc) is 0.971. The summed E-state index contributed by atoms with van der Waals surface area (Å²) in [5.74, 6) is -2.73. The van der Waals surface area contributed by atoms with Gasteiger partial charge in [0.25, 0.3) is 0 Å². The summed E-state index contributed by atoms with van der Waals surface area (Å²) in [5.41, 5.74) is 9.04. The minimum atomic E-state index is -0.988. The minimum Gasteiger partial charge on any atom is -0.507 e. The molecule has 4 aromatic rings. The van der Waals surface area contributed by atoms with Gasteiger partial charge < -0.3 is 40.9 Å². The lowest BCUT2D eigenvalue weighted by atomic mass is 9.78. The summed E-state index contributed by atoms with van der Waals surface area (Å²) >= 11 is 0. The maximum Gasteiger partial charge on any atom is 0.331 e. The molecule has 490 valence electrons. The van der Waals surface area contributed by atoms with Crippen LogP contribution in [0.2, 0.25) is 0 Å². The van der Waals surface area contributed by atoms with Crippen molar-refractivity contribution < 1.29 is 60.0 Å². The number of rotatable bonds is 13. The second-order valence-corrected chi connectivity index (χ2v) is 31.5. The molecule has 0 spiro atoms. The monoisotopic (exact) mass is 1220 g/mol. The van der Waals surface area contributed by atoms with E-state index in [0.29, 0.717) is 23.0 Å². The van der Waals surface area contributed by atoms with Crippen LogP contribution < -0.4 is 0 Å². The highest BCUT2D eigenvalue weighted by Gasteiger charge is 2.31. The van der Waals surface area contributed by atoms with E-state index in [-0.39, 0.29) is 91.3 Å². The van der Waals surface area contributed by atoms with Crippen molar-refractivity contribution in [1.29, 1.82) is 0 Å². The quantitative estimate of drug-likeness (QED) is 0.0585. The van der Waals surface area contributed by atoms with Gasteiger partial charge in [-0.15, -0.1) is 0 Å². The Labute approximate surface area is 530 Å². The molecule has 0 fully saturated rings. The standard InChI is InChI=1S/4C18H26O3.C4H10/c4*1-11(16(20)21)8-12-9-13(17(2,3)4)15(19)14(10-12)18(5,6)7;1-3-4-2/h4*9-10,19H,1,8H2,2-7H3,(H,20,21);3-4H2,1-2H3. The van der Waals surface area contributed by atoms with Crippen LogP contribution in [0.1, 0.15) is 260 Å². The molecule has 4 aromatic carbocycles. The summed E-state index contributed by atoms with van der Waals surface area (Å²) in [6.45, 7) is 67.5. The summed E-state index contributed by atoms with van der Waals surface area (Å²) in [6, 6.07) is 15.1. The first-order chi connectivity index (χ1) is 39.3. The molecule has 4 rings (SSSR count). The predicted octanol–water partition coefficient (Wildman–Crippen LogP) is 18.5. The molecular weight excluding hydrogens is 1100 g/mol. The van der Waals surface area contributed by atoms with Gasteiger partial charge in [0.05, 0.1) is 0 Å². The number of benzene rings is 4. The van der Waals surface area contributed by atoms with Crippen LogP contribution >= 0.6 is 0 Å². The Hall–Kier alpha value is -7.08. The molecule has 0 unspecified atom stereocenters. The largest absolute Gasteiger partial charge is 0.507 e. The van der Waals surface area contributed by atoms with E-state index in [4.69, 9.17) is 20.4 Å². The van der Waals surface area contributed by atoms with E-state index in [1.54, 1.807) is 0 Å². The van der Waals surface area contributed by atoms with Crippen LogP contribution in [0, 0.1) is 0 Å². The van der Waals surface area contributed by atoms with Crippen LogP contribution in [0.15, 0.2) is 97.1 Å². The zero-order valence-electron chi connectivity index (χ0n) is 58.9. The highest BCUT2D eigenvalue weighted by atomic mass is 16.4. The van der Waals surface area contributed by atoms with Crippen LogP contribution in [0.3, 0.4) is 0 Å². The maximum absolute atomic E-state index is 11.0. The van der Waals surface area contributed by atoms with Crippen LogP contribution in [0.25, 0.3) is 0 Å². The third kappa shape index (κ3) is 25.2. The zero-order chi connectivity index (χ0) is 69.8. The molecule has 0 atom stereocenters. The normalized spacial score (nSPS) is 12.1. The number of phenols is 4. The van der Waals surface area contributed by atoms with E-state index in [1.165, 1.54) is 12.8 Å². The smallest absolute Gasteiger partial charge is 0.331 e. The molecule has 12 nitrogen and oxygen atoms in total. The Morgan fingerprint density at radius 1 is 0.273 bits per heavy atom. The number of unbranched alkanes of at least 4 members (excludes halogenated alkanes) is 1. The summed E-state index contributed by atoms with van der Waals surface area (Å²) in [7, 11) is 0. The molecule has 8 N–H and O–H groups in total. The molecule has 88 heavy (non-hydrogen) atoms. The predicted molar refractivity (Wildman–Crippen MR) is 365 cm³/mol. The molecule has 0 heterocycles. The number of aromatic hydroxyl groups is 4. The molecule has 0 aliphatic heterocycles. The van der Waals surface area contributed by atoms with Crippen molar-refractivity contribution in [2.24, 2.45) is 0 Å².